The van der Waals surface area contributed by atoms with E-state index >= 15 is 0 Å². The van der Waals surface area contributed by atoms with E-state index in [9.17, 15) is 0 Å². The van der Waals surface area contributed by atoms with Crippen LogP contribution >= 0.6 is 0 Å². The van der Waals surface area contributed by atoms with E-state index in [1.807, 2.05) is 0 Å². The van der Waals surface area contributed by atoms with Gasteiger partial charge in [-0.25, -0.2) is 0 Å². The number of para-hydroxylation sites is 2. The summed E-state index contributed by atoms with van der Waals surface area (Å²) in [5, 5.41) is 3.29. The molecule has 2 aromatic rings. The highest BCUT2D eigenvalue weighted by molar-refractivity contribution is 6.88. The lowest BCUT2D eigenvalue weighted by Crippen LogP contribution is -2.52. The van der Waals surface area contributed by atoms with Crippen molar-refractivity contribution in [3.63, 3.8) is 0 Å². The predicted molar refractivity (Wildman–Crippen MR) is 101 cm³/mol. The summed E-state index contributed by atoms with van der Waals surface area (Å²) in [6, 6.07) is 20.2. The van der Waals surface area contributed by atoms with Crippen molar-refractivity contribution >= 4 is 30.5 Å². The van der Waals surface area contributed by atoms with Gasteiger partial charge in [-0.2, -0.15) is 0 Å². The normalized spacial score (nSPS) is 14.1. The monoisotopic (exact) mass is 309 g/mol. The molecule has 0 amide bonds. The Morgan fingerprint density at radius 3 is 1.91 bits per heavy atom. The van der Waals surface area contributed by atoms with Crippen molar-refractivity contribution in [1.82, 2.24) is 0 Å². The van der Waals surface area contributed by atoms with Gasteiger partial charge < -0.3 is 4.90 Å². The first-order valence-electron chi connectivity index (χ1n) is 8.71. The number of fused-ring (bicyclic) bond motifs is 2. The van der Waals surface area contributed by atoms with E-state index in [2.05, 4.69) is 74.2 Å². The summed E-state index contributed by atoms with van der Waals surface area (Å²) >= 11 is 0. The van der Waals surface area contributed by atoms with Gasteiger partial charge in [0.1, 0.15) is 8.80 Å². The van der Waals surface area contributed by atoms with E-state index in [0.717, 1.165) is 0 Å². The Labute approximate surface area is 136 Å². The lowest BCUT2D eigenvalue weighted by Gasteiger charge is -2.39. The average Bonchev–Trinajstić information content (AvgIpc) is 2.54. The van der Waals surface area contributed by atoms with Gasteiger partial charge in [0, 0.05) is 17.4 Å². The fraction of sp³-hybridized carbons (Fsp3) is 0.400. The highest BCUT2D eigenvalue weighted by atomic mass is 28.3. The molecular weight excluding hydrogens is 282 g/mol. The van der Waals surface area contributed by atoms with Crippen LogP contribution in [0.15, 0.2) is 48.5 Å². The third kappa shape index (κ3) is 2.72. The van der Waals surface area contributed by atoms with Crippen molar-refractivity contribution in [2.75, 3.05) is 4.90 Å². The molecule has 1 heterocycles. The van der Waals surface area contributed by atoms with Crippen LogP contribution in [0.3, 0.4) is 0 Å². The summed E-state index contributed by atoms with van der Waals surface area (Å²) < 4.78 is 0. The molecule has 116 valence electrons. The Balaban J connectivity index is 2.08. The van der Waals surface area contributed by atoms with Gasteiger partial charge >= 0.3 is 0 Å². The fourth-order valence-corrected chi connectivity index (χ4v) is 7.29. The maximum atomic E-state index is 2.54. The standard InChI is InChI=1S/C20H27NSi/c1-4-5-10-15-22-19-13-8-6-11-17(19)21(16(2)3)18-12-7-9-14-20(18)22/h6-9,11-14,16,22H,4-5,10,15H2,1-3H3. The molecule has 0 spiro atoms. The molecule has 1 aliphatic heterocycles. The Hall–Kier alpha value is -1.54. The molecule has 2 heteroatoms. The molecule has 0 bridgehead atoms. The molecule has 0 radical (unpaired) electrons. The van der Waals surface area contributed by atoms with Crippen LogP contribution in [0.4, 0.5) is 11.4 Å². The molecule has 0 aromatic heterocycles. The van der Waals surface area contributed by atoms with Gasteiger partial charge in [-0.15, -0.1) is 0 Å². The second-order valence-corrected chi connectivity index (χ2v) is 9.56. The summed E-state index contributed by atoms with van der Waals surface area (Å²) in [6.45, 7) is 6.89. The quantitative estimate of drug-likeness (QED) is 0.594. The Kier molecular flexibility index (Phi) is 4.68. The molecule has 0 saturated heterocycles. The summed E-state index contributed by atoms with van der Waals surface area (Å²) in [5.74, 6) is 0. The van der Waals surface area contributed by atoms with Crippen molar-refractivity contribution in [3.8, 4) is 0 Å². The van der Waals surface area contributed by atoms with Gasteiger partial charge in [0.25, 0.3) is 0 Å². The Morgan fingerprint density at radius 2 is 1.41 bits per heavy atom. The summed E-state index contributed by atoms with van der Waals surface area (Å²) in [5.41, 5.74) is 2.92. The van der Waals surface area contributed by atoms with Gasteiger partial charge in [0.05, 0.1) is 0 Å². The van der Waals surface area contributed by atoms with Crippen molar-refractivity contribution in [2.24, 2.45) is 0 Å². The number of anilines is 2. The minimum absolute atomic E-state index is 0.493. The highest BCUT2D eigenvalue weighted by Crippen LogP contribution is 2.30. The third-order valence-corrected chi connectivity index (χ3v) is 8.22. The van der Waals surface area contributed by atoms with Gasteiger partial charge in [-0.1, -0.05) is 68.6 Å². The lowest BCUT2D eigenvalue weighted by molar-refractivity contribution is 0.766. The maximum Gasteiger partial charge on any atom is 0.108 e. The van der Waals surface area contributed by atoms with Crippen LogP contribution in [0.5, 0.6) is 0 Å². The SMILES string of the molecule is CCCCC[SiH]1c2ccccc2N(C(C)C)c2ccccc21. The van der Waals surface area contributed by atoms with Crippen LogP contribution in [-0.2, 0) is 0 Å². The molecule has 2 aromatic carbocycles. The first kappa shape index (κ1) is 15.4. The molecule has 0 N–H and O–H groups in total. The van der Waals surface area contributed by atoms with Crippen LogP contribution in [0, 0.1) is 0 Å². The van der Waals surface area contributed by atoms with Crippen molar-refractivity contribution < 1.29 is 0 Å². The van der Waals surface area contributed by atoms with E-state index in [-0.39, 0.29) is 0 Å². The zero-order chi connectivity index (χ0) is 15.5. The van der Waals surface area contributed by atoms with Crippen LogP contribution in [0.2, 0.25) is 6.04 Å². The number of unbranched alkanes of at least 4 members (excludes halogenated alkanes) is 2. The molecular formula is C20H27NSi. The van der Waals surface area contributed by atoms with E-state index in [1.165, 1.54) is 36.7 Å². The molecule has 3 rings (SSSR count). The van der Waals surface area contributed by atoms with Gasteiger partial charge in [0.2, 0.25) is 0 Å². The Bertz CT molecular complexity index is 588. The van der Waals surface area contributed by atoms with E-state index in [1.54, 1.807) is 10.4 Å². The third-order valence-electron chi connectivity index (χ3n) is 4.76. The summed E-state index contributed by atoms with van der Waals surface area (Å²) in [7, 11) is -1.07. The second kappa shape index (κ2) is 6.70. The second-order valence-electron chi connectivity index (χ2n) is 6.63. The first-order chi connectivity index (χ1) is 10.7. The van der Waals surface area contributed by atoms with Gasteiger partial charge in [0.15, 0.2) is 0 Å². The first-order valence-corrected chi connectivity index (χ1v) is 10.7. The number of hydrogen-bond acceptors (Lipinski definition) is 1. The molecule has 0 aliphatic carbocycles. The van der Waals surface area contributed by atoms with Crippen LogP contribution in [-0.4, -0.2) is 14.8 Å². The summed E-state index contributed by atoms with van der Waals surface area (Å²) in [6.07, 6.45) is 4.04. The van der Waals surface area contributed by atoms with Crippen LogP contribution in [0.25, 0.3) is 0 Å². The minimum Gasteiger partial charge on any atom is -0.339 e. The topological polar surface area (TPSA) is 3.24 Å². The largest absolute Gasteiger partial charge is 0.339 e. The number of hydrogen-bond donors (Lipinski definition) is 0. The highest BCUT2D eigenvalue weighted by Gasteiger charge is 2.31. The molecule has 0 unspecified atom stereocenters. The molecule has 0 saturated carbocycles. The average molecular weight is 310 g/mol. The van der Waals surface area contributed by atoms with Crippen LogP contribution < -0.4 is 15.3 Å². The van der Waals surface area contributed by atoms with E-state index in [4.69, 9.17) is 0 Å². The molecule has 0 atom stereocenters. The van der Waals surface area contributed by atoms with Crippen molar-refractivity contribution in [3.05, 3.63) is 48.5 Å². The number of nitrogens with zero attached hydrogens (tertiary/aromatic N) is 1. The minimum atomic E-state index is -1.07. The Morgan fingerprint density at radius 1 is 0.864 bits per heavy atom. The summed E-state index contributed by atoms with van der Waals surface area (Å²) in [4.78, 5) is 2.54. The molecule has 1 nitrogen and oxygen atoms in total. The fourth-order valence-electron chi connectivity index (χ4n) is 3.77. The van der Waals surface area contributed by atoms with Gasteiger partial charge in [-0.05, 0) is 36.4 Å². The molecule has 0 fully saturated rings. The number of rotatable bonds is 5. The van der Waals surface area contributed by atoms with Crippen molar-refractivity contribution in [1.29, 1.82) is 0 Å². The van der Waals surface area contributed by atoms with E-state index in [0.29, 0.717) is 6.04 Å². The zero-order valence-corrected chi connectivity index (χ0v) is 15.2. The lowest BCUT2D eigenvalue weighted by atomic mass is 10.1. The van der Waals surface area contributed by atoms with Crippen LogP contribution in [0.1, 0.15) is 40.0 Å². The van der Waals surface area contributed by atoms with Crippen molar-refractivity contribution in [2.45, 2.75) is 52.1 Å². The number of benzene rings is 2. The molecule has 1 aliphatic rings. The predicted octanol–water partition coefficient (Wildman–Crippen LogP) is 4.08. The van der Waals surface area contributed by atoms with Gasteiger partial charge in [-0.3, -0.25) is 0 Å². The zero-order valence-electron chi connectivity index (χ0n) is 14.0. The smallest absolute Gasteiger partial charge is 0.108 e. The molecule has 22 heavy (non-hydrogen) atoms. The maximum absolute atomic E-state index is 2.54. The van der Waals surface area contributed by atoms with E-state index < -0.39 is 8.80 Å².